The highest BCUT2D eigenvalue weighted by Gasteiger charge is 2.51. The van der Waals surface area contributed by atoms with Crippen molar-refractivity contribution in [2.24, 2.45) is 0 Å². The molecule has 0 aliphatic heterocycles. The predicted molar refractivity (Wildman–Crippen MR) is 278 cm³/mol. The molecule has 13 aromatic rings. The van der Waals surface area contributed by atoms with Crippen molar-refractivity contribution in [3.63, 3.8) is 0 Å². The van der Waals surface area contributed by atoms with Gasteiger partial charge in [0.15, 0.2) is 17.5 Å². The molecule has 0 unspecified atom stereocenters. The van der Waals surface area contributed by atoms with Gasteiger partial charge in [-0.1, -0.05) is 182 Å². The smallest absolute Gasteiger partial charge is 0.164 e. The Morgan fingerprint density at radius 1 is 0.261 bits per heavy atom. The van der Waals surface area contributed by atoms with Crippen LogP contribution in [0.2, 0.25) is 0 Å². The van der Waals surface area contributed by atoms with Crippen molar-refractivity contribution >= 4 is 43.9 Å². The molecule has 5 nitrogen and oxygen atoms in total. The van der Waals surface area contributed by atoms with Gasteiger partial charge in [-0.3, -0.25) is 0 Å². The predicted octanol–water partition coefficient (Wildman–Crippen LogP) is 16.3. The van der Waals surface area contributed by atoms with Crippen molar-refractivity contribution < 1.29 is 8.83 Å². The lowest BCUT2D eigenvalue weighted by atomic mass is 9.70. The summed E-state index contributed by atoms with van der Waals surface area (Å²) >= 11 is 0. The van der Waals surface area contributed by atoms with Crippen molar-refractivity contribution in [1.82, 2.24) is 15.0 Å². The van der Waals surface area contributed by atoms with Crippen molar-refractivity contribution in [2.45, 2.75) is 5.41 Å². The molecule has 2 aliphatic carbocycles. The number of para-hydroxylation sites is 1. The summed E-state index contributed by atoms with van der Waals surface area (Å²) in [6, 6.07) is 79.9. The van der Waals surface area contributed by atoms with E-state index in [1.165, 1.54) is 55.6 Å². The van der Waals surface area contributed by atoms with Crippen LogP contribution in [-0.4, -0.2) is 15.0 Å². The number of nitrogens with zero attached hydrogens (tertiary/aromatic N) is 3. The summed E-state index contributed by atoms with van der Waals surface area (Å²) in [7, 11) is 0. The molecule has 2 aliphatic rings. The number of rotatable bonds is 5. The molecule has 3 aromatic heterocycles. The first-order chi connectivity index (χ1) is 34.2. The van der Waals surface area contributed by atoms with Gasteiger partial charge in [0.25, 0.3) is 0 Å². The lowest BCUT2D eigenvalue weighted by Gasteiger charge is -2.30. The Hall–Kier alpha value is -9.19. The van der Waals surface area contributed by atoms with Crippen LogP contribution in [0.15, 0.2) is 233 Å². The van der Waals surface area contributed by atoms with Crippen LogP contribution < -0.4 is 0 Å². The van der Waals surface area contributed by atoms with Gasteiger partial charge in [0.05, 0.1) is 5.41 Å². The Bertz CT molecular complexity index is 4200. The first-order valence-electron chi connectivity index (χ1n) is 23.4. The van der Waals surface area contributed by atoms with E-state index in [0.29, 0.717) is 17.5 Å². The molecule has 0 saturated heterocycles. The van der Waals surface area contributed by atoms with E-state index in [4.69, 9.17) is 23.8 Å². The summed E-state index contributed by atoms with van der Waals surface area (Å²) in [5, 5.41) is 4.08. The molecular weight excluding hydrogens is 843 g/mol. The summed E-state index contributed by atoms with van der Waals surface area (Å²) in [5.74, 6) is 1.72. The van der Waals surface area contributed by atoms with E-state index < -0.39 is 0 Å². The zero-order valence-electron chi connectivity index (χ0n) is 37.0. The zero-order chi connectivity index (χ0) is 45.2. The minimum absolute atomic E-state index is 0.382. The fraction of sp³-hybridized carbons (Fsp3) is 0.0156. The van der Waals surface area contributed by atoms with Gasteiger partial charge in [0.2, 0.25) is 0 Å². The molecule has 0 fully saturated rings. The Balaban J connectivity index is 0.830. The largest absolute Gasteiger partial charge is 0.456 e. The lowest BCUT2D eigenvalue weighted by molar-refractivity contribution is 0.668. The highest BCUT2D eigenvalue weighted by molar-refractivity contribution is 6.13. The average Bonchev–Trinajstić information content (AvgIpc) is 4.16. The fourth-order valence-corrected chi connectivity index (χ4v) is 11.5. The van der Waals surface area contributed by atoms with Gasteiger partial charge in [0.1, 0.15) is 22.3 Å². The van der Waals surface area contributed by atoms with E-state index >= 15 is 0 Å². The fourth-order valence-electron chi connectivity index (χ4n) is 11.5. The number of hydrogen-bond donors (Lipinski definition) is 0. The maximum atomic E-state index is 6.55. The van der Waals surface area contributed by atoms with Gasteiger partial charge < -0.3 is 8.83 Å². The van der Waals surface area contributed by atoms with Crippen LogP contribution in [0, 0.1) is 0 Å². The maximum Gasteiger partial charge on any atom is 0.164 e. The number of aromatic nitrogens is 3. The summed E-state index contributed by atoms with van der Waals surface area (Å²) in [6.07, 6.45) is 0. The van der Waals surface area contributed by atoms with Crippen molar-refractivity contribution in [1.29, 1.82) is 0 Å². The normalized spacial score (nSPS) is 13.0. The Morgan fingerprint density at radius 3 is 1.48 bits per heavy atom. The van der Waals surface area contributed by atoms with E-state index in [-0.39, 0.29) is 5.41 Å². The third kappa shape index (κ3) is 5.50. The van der Waals surface area contributed by atoms with E-state index in [2.05, 4.69) is 158 Å². The highest BCUT2D eigenvalue weighted by Crippen LogP contribution is 2.63. The topological polar surface area (TPSA) is 65.0 Å². The standard InChI is InChI=1S/C64H37N3O2/c1-2-13-40(14-3-1)61-65-62(43-30-33-49-48-18-7-11-23-56(48)69-59(49)37-43)67-63(66-61)50-19-12-24-58-60(50)51-35-41(31-34-57(51)68-58)38-25-27-39(28-26-38)42-29-32-47-46-17-6-10-22-54(46)64(55(47)36-42)52-20-8-4-15-44(52)45-16-5-9-21-53(45)64/h1-37H. The zero-order valence-corrected chi connectivity index (χ0v) is 37.0. The quantitative estimate of drug-likeness (QED) is 0.172. The molecule has 0 saturated carbocycles. The minimum atomic E-state index is -0.382. The van der Waals surface area contributed by atoms with Crippen LogP contribution in [0.5, 0.6) is 0 Å². The molecule has 0 radical (unpaired) electrons. The summed E-state index contributed by atoms with van der Waals surface area (Å²) < 4.78 is 12.8. The second-order valence-electron chi connectivity index (χ2n) is 18.2. The molecule has 0 amide bonds. The second-order valence-corrected chi connectivity index (χ2v) is 18.2. The van der Waals surface area contributed by atoms with Gasteiger partial charge in [-0.15, -0.1) is 0 Å². The SMILES string of the molecule is c1ccc(-c2nc(-c3ccc4c(c3)oc3ccccc34)nc(-c3cccc4oc5ccc(-c6ccc(-c7ccc8c(c7)C7(c9ccccc9-c9ccccc97)c7ccccc7-8)cc6)cc5c34)n2)cc1. The first kappa shape index (κ1) is 38.0. The minimum Gasteiger partial charge on any atom is -0.456 e. The molecule has 320 valence electrons. The van der Waals surface area contributed by atoms with Crippen molar-refractivity contribution in [3.8, 4) is 78.7 Å². The van der Waals surface area contributed by atoms with E-state index in [9.17, 15) is 0 Å². The van der Waals surface area contributed by atoms with Crippen LogP contribution in [0.3, 0.4) is 0 Å². The summed E-state index contributed by atoms with van der Waals surface area (Å²) in [6.45, 7) is 0. The monoisotopic (exact) mass is 879 g/mol. The number of hydrogen-bond acceptors (Lipinski definition) is 5. The second kappa shape index (κ2) is 14.4. The van der Waals surface area contributed by atoms with E-state index in [1.807, 2.05) is 66.7 Å². The van der Waals surface area contributed by atoms with E-state index in [0.717, 1.165) is 71.7 Å². The lowest BCUT2D eigenvalue weighted by Crippen LogP contribution is -2.25. The first-order valence-corrected chi connectivity index (χ1v) is 23.4. The Morgan fingerprint density at radius 2 is 0.754 bits per heavy atom. The molecule has 10 aromatic carbocycles. The molecule has 0 N–H and O–H groups in total. The summed E-state index contributed by atoms with van der Waals surface area (Å²) in [5.41, 5.74) is 20.6. The van der Waals surface area contributed by atoms with Gasteiger partial charge in [-0.05, 0) is 109 Å². The molecule has 15 rings (SSSR count). The molecule has 5 heteroatoms. The van der Waals surface area contributed by atoms with Crippen LogP contribution in [-0.2, 0) is 5.41 Å². The third-order valence-electron chi connectivity index (χ3n) is 14.6. The van der Waals surface area contributed by atoms with Crippen LogP contribution >= 0.6 is 0 Å². The van der Waals surface area contributed by atoms with Crippen molar-refractivity contribution in [3.05, 3.63) is 247 Å². The maximum absolute atomic E-state index is 6.55. The number of furan rings is 2. The molecule has 69 heavy (non-hydrogen) atoms. The van der Waals surface area contributed by atoms with Gasteiger partial charge in [0, 0.05) is 38.2 Å². The summed E-state index contributed by atoms with van der Waals surface area (Å²) in [4.78, 5) is 15.4. The van der Waals surface area contributed by atoms with E-state index in [1.54, 1.807) is 0 Å². The van der Waals surface area contributed by atoms with Crippen LogP contribution in [0.4, 0.5) is 0 Å². The Kier molecular flexibility index (Phi) is 7.93. The van der Waals surface area contributed by atoms with Crippen LogP contribution in [0.25, 0.3) is 123 Å². The molecular formula is C64H37N3O2. The molecule has 0 bridgehead atoms. The highest BCUT2D eigenvalue weighted by atomic mass is 16.3. The van der Waals surface area contributed by atoms with Crippen LogP contribution in [0.1, 0.15) is 22.3 Å². The Labute approximate surface area is 396 Å². The average molecular weight is 880 g/mol. The number of fused-ring (bicyclic) bond motifs is 16. The molecule has 1 spiro atoms. The van der Waals surface area contributed by atoms with Gasteiger partial charge in [-0.2, -0.15) is 0 Å². The molecule has 3 heterocycles. The molecule has 0 atom stereocenters. The van der Waals surface area contributed by atoms with Gasteiger partial charge >= 0.3 is 0 Å². The third-order valence-corrected chi connectivity index (χ3v) is 14.6. The van der Waals surface area contributed by atoms with Crippen molar-refractivity contribution in [2.75, 3.05) is 0 Å². The number of benzene rings is 10. The van der Waals surface area contributed by atoms with Gasteiger partial charge in [-0.25, -0.2) is 15.0 Å².